The maximum Gasteiger partial charge on any atom is 0.397 e. The quantitative estimate of drug-likeness (QED) is 0.595. The van der Waals surface area contributed by atoms with E-state index < -0.39 is 11.9 Å². The van der Waals surface area contributed by atoms with Gasteiger partial charge in [0, 0.05) is 11.4 Å². The van der Waals surface area contributed by atoms with E-state index >= 15 is 0 Å². The highest BCUT2D eigenvalue weighted by molar-refractivity contribution is 7.09. The molecule has 0 fully saturated rings. The Labute approximate surface area is 98.8 Å². The lowest BCUT2D eigenvalue weighted by atomic mass is 10.4. The van der Waals surface area contributed by atoms with E-state index in [-0.39, 0.29) is 6.61 Å². The van der Waals surface area contributed by atoms with E-state index in [1.165, 1.54) is 4.90 Å². The van der Waals surface area contributed by atoms with Crippen molar-refractivity contribution in [1.82, 2.24) is 4.90 Å². The fourth-order valence-corrected chi connectivity index (χ4v) is 1.96. The number of carbonyl (C=O) groups excluding carboxylic acids is 2. The van der Waals surface area contributed by atoms with Crippen LogP contribution < -0.4 is 0 Å². The van der Waals surface area contributed by atoms with Gasteiger partial charge in [0.2, 0.25) is 0 Å². The molecular formula is C11H15NO3S. The third kappa shape index (κ3) is 3.34. The number of thiophene rings is 1. The van der Waals surface area contributed by atoms with E-state index in [9.17, 15) is 9.59 Å². The molecule has 1 amide bonds. The van der Waals surface area contributed by atoms with Gasteiger partial charge < -0.3 is 9.64 Å². The fraction of sp³-hybridized carbons (Fsp3) is 0.455. The first-order chi connectivity index (χ1) is 7.69. The van der Waals surface area contributed by atoms with Gasteiger partial charge in [-0.05, 0) is 25.3 Å². The number of rotatable bonds is 4. The molecule has 0 aliphatic rings. The molecule has 0 N–H and O–H groups in total. The summed E-state index contributed by atoms with van der Waals surface area (Å²) in [5.74, 6) is -1.35. The lowest BCUT2D eigenvalue weighted by molar-refractivity contribution is -0.160. The van der Waals surface area contributed by atoms with Gasteiger partial charge in [0.25, 0.3) is 0 Å². The van der Waals surface area contributed by atoms with Crippen molar-refractivity contribution in [2.75, 3.05) is 13.2 Å². The van der Waals surface area contributed by atoms with Crippen LogP contribution in [0.15, 0.2) is 17.5 Å². The lowest BCUT2D eigenvalue weighted by Crippen LogP contribution is -2.36. The smallest absolute Gasteiger partial charge is 0.397 e. The summed E-state index contributed by atoms with van der Waals surface area (Å²) in [7, 11) is 0. The van der Waals surface area contributed by atoms with E-state index in [2.05, 4.69) is 4.74 Å². The Kier molecular flexibility index (Phi) is 4.98. The van der Waals surface area contributed by atoms with Crippen molar-refractivity contribution in [3.05, 3.63) is 22.4 Å². The van der Waals surface area contributed by atoms with E-state index in [4.69, 9.17) is 0 Å². The number of carbonyl (C=O) groups is 2. The van der Waals surface area contributed by atoms with Crippen LogP contribution in [-0.2, 0) is 20.9 Å². The van der Waals surface area contributed by atoms with Crippen molar-refractivity contribution in [2.24, 2.45) is 0 Å². The molecule has 1 aromatic heterocycles. The van der Waals surface area contributed by atoms with Gasteiger partial charge in [-0.25, -0.2) is 4.79 Å². The molecule has 0 aromatic carbocycles. The average Bonchev–Trinajstić information content (AvgIpc) is 2.78. The second-order valence-electron chi connectivity index (χ2n) is 3.12. The second-order valence-corrected chi connectivity index (χ2v) is 4.15. The normalized spacial score (nSPS) is 9.88. The first kappa shape index (κ1) is 12.7. The molecule has 0 aliphatic carbocycles. The molecule has 16 heavy (non-hydrogen) atoms. The summed E-state index contributed by atoms with van der Waals surface area (Å²) in [6.45, 7) is 4.70. The summed E-state index contributed by atoms with van der Waals surface area (Å²) in [4.78, 5) is 25.4. The summed E-state index contributed by atoms with van der Waals surface area (Å²) < 4.78 is 4.68. The predicted molar refractivity (Wildman–Crippen MR) is 62.0 cm³/mol. The van der Waals surface area contributed by atoms with Crippen LogP contribution in [0.3, 0.4) is 0 Å². The van der Waals surface area contributed by atoms with Crippen LogP contribution in [0.5, 0.6) is 0 Å². The van der Waals surface area contributed by atoms with Crippen molar-refractivity contribution in [3.8, 4) is 0 Å². The highest BCUT2D eigenvalue weighted by Gasteiger charge is 2.21. The van der Waals surface area contributed by atoms with Crippen LogP contribution in [0.25, 0.3) is 0 Å². The van der Waals surface area contributed by atoms with Crippen LogP contribution in [0.4, 0.5) is 0 Å². The van der Waals surface area contributed by atoms with Crippen molar-refractivity contribution in [2.45, 2.75) is 20.4 Å². The largest absolute Gasteiger partial charge is 0.459 e. The van der Waals surface area contributed by atoms with E-state index in [1.54, 1.807) is 18.3 Å². The zero-order chi connectivity index (χ0) is 12.0. The first-order valence-electron chi connectivity index (χ1n) is 5.17. The highest BCUT2D eigenvalue weighted by Crippen LogP contribution is 2.11. The number of esters is 1. The number of nitrogens with zero attached hydrogens (tertiary/aromatic N) is 1. The topological polar surface area (TPSA) is 46.6 Å². The summed E-state index contributed by atoms with van der Waals surface area (Å²) >= 11 is 1.56. The molecule has 0 radical (unpaired) electrons. The Morgan fingerprint density at radius 1 is 1.44 bits per heavy atom. The molecule has 0 unspecified atom stereocenters. The third-order valence-corrected chi connectivity index (χ3v) is 2.91. The first-order valence-corrected chi connectivity index (χ1v) is 6.05. The Morgan fingerprint density at radius 2 is 2.19 bits per heavy atom. The molecule has 0 aliphatic heterocycles. The molecule has 0 saturated carbocycles. The number of hydrogen-bond donors (Lipinski definition) is 0. The minimum atomic E-state index is -0.777. The number of likely N-dealkylation sites (N-methyl/N-ethyl adjacent to an activating group) is 1. The average molecular weight is 241 g/mol. The van der Waals surface area contributed by atoms with Crippen molar-refractivity contribution in [1.29, 1.82) is 0 Å². The van der Waals surface area contributed by atoms with Crippen molar-refractivity contribution < 1.29 is 14.3 Å². The Morgan fingerprint density at radius 3 is 2.69 bits per heavy atom. The van der Waals surface area contributed by atoms with Gasteiger partial charge >= 0.3 is 11.9 Å². The maximum atomic E-state index is 11.6. The number of hydrogen-bond acceptors (Lipinski definition) is 4. The Bertz CT molecular complexity index is 348. The van der Waals surface area contributed by atoms with Gasteiger partial charge in [-0.3, -0.25) is 4.79 Å². The predicted octanol–water partition coefficient (Wildman–Crippen LogP) is 1.66. The van der Waals surface area contributed by atoms with Crippen LogP contribution in [0.2, 0.25) is 0 Å². The van der Waals surface area contributed by atoms with E-state index in [1.807, 2.05) is 24.4 Å². The highest BCUT2D eigenvalue weighted by atomic mass is 32.1. The zero-order valence-corrected chi connectivity index (χ0v) is 10.3. The molecule has 5 heteroatoms. The van der Waals surface area contributed by atoms with Gasteiger partial charge in [0.1, 0.15) is 0 Å². The molecule has 0 bridgehead atoms. The monoisotopic (exact) mass is 241 g/mol. The summed E-state index contributed by atoms with van der Waals surface area (Å²) in [5.41, 5.74) is 0. The number of amides is 1. The molecule has 0 spiro atoms. The van der Waals surface area contributed by atoms with E-state index in [0.717, 1.165) is 4.88 Å². The van der Waals surface area contributed by atoms with Gasteiger partial charge in [-0.15, -0.1) is 11.3 Å². The van der Waals surface area contributed by atoms with Crippen LogP contribution in [0, 0.1) is 0 Å². The Hall–Kier alpha value is -1.36. The van der Waals surface area contributed by atoms with Crippen molar-refractivity contribution in [3.63, 3.8) is 0 Å². The molecule has 1 heterocycles. The molecule has 0 saturated heterocycles. The minimum absolute atomic E-state index is 0.223. The molecule has 4 nitrogen and oxygen atoms in total. The fourth-order valence-electron chi connectivity index (χ4n) is 1.24. The molecule has 1 aromatic rings. The van der Waals surface area contributed by atoms with Crippen LogP contribution in [0.1, 0.15) is 18.7 Å². The van der Waals surface area contributed by atoms with Gasteiger partial charge in [-0.1, -0.05) is 6.07 Å². The van der Waals surface area contributed by atoms with Crippen molar-refractivity contribution >= 4 is 23.2 Å². The standard InChI is InChI=1S/C11H15NO3S/c1-3-12(8-9-6-5-7-16-9)10(13)11(14)15-4-2/h5-7H,3-4,8H2,1-2H3. The number of ether oxygens (including phenoxy) is 1. The lowest BCUT2D eigenvalue weighted by Gasteiger charge is -2.18. The molecule has 1 rings (SSSR count). The molecule has 88 valence electrons. The van der Waals surface area contributed by atoms with E-state index in [0.29, 0.717) is 13.1 Å². The summed E-state index contributed by atoms with van der Waals surface area (Å²) in [5, 5.41) is 1.94. The van der Waals surface area contributed by atoms with Crippen LogP contribution >= 0.6 is 11.3 Å². The van der Waals surface area contributed by atoms with Gasteiger partial charge in [0.05, 0.1) is 13.2 Å². The minimum Gasteiger partial charge on any atom is -0.459 e. The van der Waals surface area contributed by atoms with Gasteiger partial charge in [0.15, 0.2) is 0 Å². The SMILES string of the molecule is CCOC(=O)C(=O)N(CC)Cc1cccs1. The molecular weight excluding hydrogens is 226 g/mol. The summed E-state index contributed by atoms with van der Waals surface area (Å²) in [6.07, 6.45) is 0. The summed E-state index contributed by atoms with van der Waals surface area (Å²) in [6, 6.07) is 3.86. The second kappa shape index (κ2) is 6.27. The maximum absolute atomic E-state index is 11.6. The van der Waals surface area contributed by atoms with Gasteiger partial charge in [-0.2, -0.15) is 0 Å². The molecule has 0 atom stereocenters. The zero-order valence-electron chi connectivity index (χ0n) is 9.43. The Balaban J connectivity index is 2.60. The van der Waals surface area contributed by atoms with Crippen LogP contribution in [-0.4, -0.2) is 29.9 Å². The third-order valence-electron chi connectivity index (χ3n) is 2.05.